The fourth-order valence-electron chi connectivity index (χ4n) is 2.13. The van der Waals surface area contributed by atoms with Gasteiger partial charge in [-0.25, -0.2) is 4.79 Å². The number of fused-ring (bicyclic) bond motifs is 1. The molecule has 0 aliphatic rings. The third-order valence-electron chi connectivity index (χ3n) is 2.84. The van der Waals surface area contributed by atoms with E-state index in [0.29, 0.717) is 17.6 Å². The van der Waals surface area contributed by atoms with Gasteiger partial charge in [0.25, 0.3) is 0 Å². The molecule has 3 nitrogen and oxygen atoms in total. The van der Waals surface area contributed by atoms with Crippen molar-refractivity contribution < 1.29 is 9.52 Å². The molecule has 0 aliphatic heterocycles. The molecule has 88 valence electrons. The van der Waals surface area contributed by atoms with Crippen LogP contribution in [0.3, 0.4) is 0 Å². The van der Waals surface area contributed by atoms with E-state index in [1.807, 2.05) is 13.8 Å². The molecule has 0 saturated carbocycles. The molecular weight excluding hydrogens is 216 g/mol. The summed E-state index contributed by atoms with van der Waals surface area (Å²) in [5.41, 5.74) is 2.43. The van der Waals surface area contributed by atoms with E-state index in [9.17, 15) is 9.90 Å². The molecule has 0 aliphatic carbocycles. The average molecular weight is 230 g/mol. The minimum absolute atomic E-state index is 0.142. The van der Waals surface area contributed by atoms with Gasteiger partial charge < -0.3 is 9.52 Å². The molecule has 0 unspecified atom stereocenters. The molecule has 0 atom stereocenters. The van der Waals surface area contributed by atoms with Gasteiger partial charge in [0.15, 0.2) is 0 Å². The smallest absolute Gasteiger partial charge is 0.336 e. The number of rotatable bonds is 2. The highest BCUT2D eigenvalue weighted by Gasteiger charge is 2.13. The van der Waals surface area contributed by atoms with Crippen molar-refractivity contribution in [3.63, 3.8) is 0 Å². The standard InChI is InChI=1S/C14H14O3/c1-4-5-10-11(15)6-8(2)13-9(3)7-12(16)17-14(10)13/h4,6-7,15H,1,5H2,2-3H3. The molecular formula is C14H14O3. The predicted molar refractivity (Wildman–Crippen MR) is 67.5 cm³/mol. The number of phenols is 1. The third-order valence-corrected chi connectivity index (χ3v) is 2.84. The molecule has 17 heavy (non-hydrogen) atoms. The van der Waals surface area contributed by atoms with Crippen molar-refractivity contribution in [1.82, 2.24) is 0 Å². The van der Waals surface area contributed by atoms with Gasteiger partial charge in [0.1, 0.15) is 11.3 Å². The summed E-state index contributed by atoms with van der Waals surface area (Å²) in [6.45, 7) is 7.38. The summed E-state index contributed by atoms with van der Waals surface area (Å²) in [4.78, 5) is 11.4. The van der Waals surface area contributed by atoms with Gasteiger partial charge in [0.2, 0.25) is 0 Å². The van der Waals surface area contributed by atoms with Crippen LogP contribution in [0.2, 0.25) is 0 Å². The first-order valence-electron chi connectivity index (χ1n) is 5.41. The maximum absolute atomic E-state index is 11.4. The summed E-state index contributed by atoms with van der Waals surface area (Å²) in [5, 5.41) is 10.8. The van der Waals surface area contributed by atoms with Gasteiger partial charge in [-0.05, 0) is 37.5 Å². The lowest BCUT2D eigenvalue weighted by atomic mass is 9.99. The Morgan fingerprint density at radius 1 is 1.35 bits per heavy atom. The van der Waals surface area contributed by atoms with Crippen LogP contribution in [0.5, 0.6) is 5.75 Å². The normalized spacial score (nSPS) is 10.7. The molecule has 3 heteroatoms. The fourth-order valence-corrected chi connectivity index (χ4v) is 2.13. The third kappa shape index (κ3) is 1.84. The highest BCUT2D eigenvalue weighted by atomic mass is 16.4. The Morgan fingerprint density at radius 3 is 2.65 bits per heavy atom. The van der Waals surface area contributed by atoms with Crippen molar-refractivity contribution in [2.45, 2.75) is 20.3 Å². The zero-order chi connectivity index (χ0) is 12.6. The molecule has 0 fully saturated rings. The summed E-state index contributed by atoms with van der Waals surface area (Å²) in [7, 11) is 0. The molecule has 1 aromatic carbocycles. The van der Waals surface area contributed by atoms with Crippen LogP contribution in [0.25, 0.3) is 11.0 Å². The van der Waals surface area contributed by atoms with Gasteiger partial charge in [-0.2, -0.15) is 0 Å². The molecule has 2 aromatic rings. The van der Waals surface area contributed by atoms with Crippen molar-refractivity contribution in [3.8, 4) is 5.75 Å². The lowest BCUT2D eigenvalue weighted by molar-refractivity contribution is 0.466. The Bertz CT molecular complexity index is 651. The van der Waals surface area contributed by atoms with Gasteiger partial charge in [0.05, 0.1) is 0 Å². The first-order chi connectivity index (χ1) is 8.04. The number of phenolic OH excluding ortho intramolecular Hbond substituents is 1. The van der Waals surface area contributed by atoms with E-state index in [2.05, 4.69) is 6.58 Å². The zero-order valence-electron chi connectivity index (χ0n) is 9.91. The highest BCUT2D eigenvalue weighted by molar-refractivity contribution is 5.88. The molecule has 1 aromatic heterocycles. The van der Waals surface area contributed by atoms with Gasteiger partial charge in [-0.3, -0.25) is 0 Å². The van der Waals surface area contributed by atoms with E-state index in [4.69, 9.17) is 4.42 Å². The lowest BCUT2D eigenvalue weighted by Crippen LogP contribution is -2.01. The SMILES string of the molecule is C=CCc1c(O)cc(C)c2c(C)cc(=O)oc12. The van der Waals surface area contributed by atoms with Crippen LogP contribution in [0.15, 0.2) is 34.0 Å². The van der Waals surface area contributed by atoms with Crippen molar-refractivity contribution >= 4 is 11.0 Å². The summed E-state index contributed by atoms with van der Waals surface area (Å²) < 4.78 is 5.22. The van der Waals surface area contributed by atoms with Crippen molar-refractivity contribution in [3.05, 3.63) is 51.9 Å². The number of aryl methyl sites for hydroxylation is 2. The Balaban J connectivity index is 2.99. The Kier molecular flexibility index (Phi) is 2.76. The van der Waals surface area contributed by atoms with E-state index in [0.717, 1.165) is 16.5 Å². The molecule has 0 saturated heterocycles. The van der Waals surface area contributed by atoms with Crippen LogP contribution in [0, 0.1) is 13.8 Å². The van der Waals surface area contributed by atoms with E-state index in [1.165, 1.54) is 6.07 Å². The Labute approximate surface area is 99.0 Å². The number of aromatic hydroxyl groups is 1. The van der Waals surface area contributed by atoms with Crippen molar-refractivity contribution in [2.75, 3.05) is 0 Å². The molecule has 1 N–H and O–H groups in total. The van der Waals surface area contributed by atoms with Crippen LogP contribution in [0.1, 0.15) is 16.7 Å². The first-order valence-corrected chi connectivity index (χ1v) is 5.41. The number of hydrogen-bond acceptors (Lipinski definition) is 3. The summed E-state index contributed by atoms with van der Waals surface area (Å²) in [6, 6.07) is 3.15. The summed E-state index contributed by atoms with van der Waals surface area (Å²) >= 11 is 0. The maximum Gasteiger partial charge on any atom is 0.336 e. The molecule has 0 amide bonds. The highest BCUT2D eigenvalue weighted by Crippen LogP contribution is 2.31. The van der Waals surface area contributed by atoms with E-state index >= 15 is 0 Å². The molecule has 1 heterocycles. The van der Waals surface area contributed by atoms with Gasteiger partial charge in [-0.1, -0.05) is 6.08 Å². The van der Waals surface area contributed by atoms with E-state index in [1.54, 1.807) is 12.1 Å². The molecule has 2 rings (SSSR count). The topological polar surface area (TPSA) is 50.4 Å². The number of hydrogen-bond donors (Lipinski definition) is 1. The van der Waals surface area contributed by atoms with Gasteiger partial charge in [-0.15, -0.1) is 6.58 Å². The Hall–Kier alpha value is -2.03. The second-order valence-electron chi connectivity index (χ2n) is 4.14. The van der Waals surface area contributed by atoms with E-state index < -0.39 is 5.63 Å². The largest absolute Gasteiger partial charge is 0.508 e. The predicted octanol–water partition coefficient (Wildman–Crippen LogP) is 2.84. The number of allylic oxidation sites excluding steroid dienone is 1. The van der Waals surface area contributed by atoms with Gasteiger partial charge in [0, 0.05) is 17.0 Å². The number of benzene rings is 1. The average Bonchev–Trinajstić information content (AvgIpc) is 2.22. The maximum atomic E-state index is 11.4. The molecule has 0 spiro atoms. The monoisotopic (exact) mass is 230 g/mol. The summed E-state index contributed by atoms with van der Waals surface area (Å²) in [6.07, 6.45) is 2.14. The summed E-state index contributed by atoms with van der Waals surface area (Å²) in [5.74, 6) is 0.142. The van der Waals surface area contributed by atoms with Crippen LogP contribution in [0.4, 0.5) is 0 Å². The minimum atomic E-state index is -0.398. The van der Waals surface area contributed by atoms with Crippen LogP contribution >= 0.6 is 0 Å². The Morgan fingerprint density at radius 2 is 2.00 bits per heavy atom. The quantitative estimate of drug-likeness (QED) is 0.637. The van der Waals surface area contributed by atoms with Crippen LogP contribution in [-0.4, -0.2) is 5.11 Å². The second kappa shape index (κ2) is 4.09. The second-order valence-corrected chi connectivity index (χ2v) is 4.14. The van der Waals surface area contributed by atoms with Gasteiger partial charge >= 0.3 is 5.63 Å². The zero-order valence-corrected chi connectivity index (χ0v) is 9.91. The van der Waals surface area contributed by atoms with Crippen molar-refractivity contribution in [2.24, 2.45) is 0 Å². The first kappa shape index (κ1) is 11.5. The van der Waals surface area contributed by atoms with Crippen molar-refractivity contribution in [1.29, 1.82) is 0 Å². The van der Waals surface area contributed by atoms with Crippen LogP contribution < -0.4 is 5.63 Å². The lowest BCUT2D eigenvalue weighted by Gasteiger charge is -2.10. The van der Waals surface area contributed by atoms with Crippen LogP contribution in [-0.2, 0) is 6.42 Å². The molecule has 0 radical (unpaired) electrons. The van der Waals surface area contributed by atoms with E-state index in [-0.39, 0.29) is 5.75 Å². The minimum Gasteiger partial charge on any atom is -0.508 e. The fraction of sp³-hybridized carbons (Fsp3) is 0.214. The molecule has 0 bridgehead atoms.